The van der Waals surface area contributed by atoms with Crippen LogP contribution in [-0.2, 0) is 9.59 Å². The number of hydrogen-bond donors (Lipinski definition) is 0. The molecule has 17 heavy (non-hydrogen) atoms. The second-order valence-corrected chi connectivity index (χ2v) is 5.12. The molecule has 0 aliphatic carbocycles. The van der Waals surface area contributed by atoms with Crippen molar-refractivity contribution in [2.45, 2.75) is 31.7 Å². The maximum atomic E-state index is 12.0. The number of imide groups is 1. The molecule has 1 atom stereocenters. The monoisotopic (exact) mass is 235 g/mol. The predicted octanol–water partition coefficient (Wildman–Crippen LogP) is 0.369. The van der Waals surface area contributed by atoms with Gasteiger partial charge in [-0.25, -0.2) is 0 Å². The summed E-state index contributed by atoms with van der Waals surface area (Å²) in [6, 6.07) is 2.22. The Morgan fingerprint density at radius 3 is 2.35 bits per heavy atom. The molecule has 0 spiro atoms. The van der Waals surface area contributed by atoms with Crippen LogP contribution in [0.5, 0.6) is 0 Å². The minimum atomic E-state index is -0.897. The number of likely N-dealkylation sites (tertiary alicyclic amines) is 2. The van der Waals surface area contributed by atoms with Gasteiger partial charge in [0.05, 0.1) is 6.07 Å². The van der Waals surface area contributed by atoms with Gasteiger partial charge in [0.2, 0.25) is 11.8 Å². The fourth-order valence-corrected chi connectivity index (χ4v) is 2.61. The van der Waals surface area contributed by atoms with Crippen molar-refractivity contribution in [1.29, 1.82) is 5.26 Å². The van der Waals surface area contributed by atoms with Gasteiger partial charge in [0.25, 0.3) is 0 Å². The Morgan fingerprint density at radius 1 is 1.35 bits per heavy atom. The molecule has 2 aliphatic heterocycles. The lowest BCUT2D eigenvalue weighted by Gasteiger charge is -2.40. The van der Waals surface area contributed by atoms with E-state index in [1.54, 1.807) is 6.92 Å². The number of rotatable bonds is 1. The van der Waals surface area contributed by atoms with E-state index in [1.165, 1.54) is 4.90 Å². The number of piperidine rings is 1. The van der Waals surface area contributed by atoms with E-state index in [0.717, 1.165) is 13.1 Å². The van der Waals surface area contributed by atoms with Gasteiger partial charge in [-0.2, -0.15) is 5.26 Å². The second kappa shape index (κ2) is 4.11. The lowest BCUT2D eigenvalue weighted by molar-refractivity contribution is -0.146. The maximum Gasteiger partial charge on any atom is 0.233 e. The topological polar surface area (TPSA) is 64.4 Å². The third kappa shape index (κ3) is 1.83. The summed E-state index contributed by atoms with van der Waals surface area (Å²) >= 11 is 0. The average Bonchev–Trinajstić information content (AvgIpc) is 2.56. The first kappa shape index (κ1) is 12.1. The standard InChI is InChI=1S/C12H17N3O2/c1-9-7-10(16)15(11(9)17)12(8-13)3-5-14(2)6-4-12/h9H,3-7H2,1-2H3. The number of carbonyl (C=O) groups is 2. The highest BCUT2D eigenvalue weighted by atomic mass is 16.2. The van der Waals surface area contributed by atoms with Crippen molar-refractivity contribution in [3.63, 3.8) is 0 Å². The third-order valence-corrected chi connectivity index (χ3v) is 3.82. The van der Waals surface area contributed by atoms with Crippen molar-refractivity contribution < 1.29 is 9.59 Å². The summed E-state index contributed by atoms with van der Waals surface area (Å²) < 4.78 is 0. The molecule has 0 aromatic carbocycles. The van der Waals surface area contributed by atoms with Crippen LogP contribution >= 0.6 is 0 Å². The van der Waals surface area contributed by atoms with E-state index in [4.69, 9.17) is 0 Å². The zero-order valence-electron chi connectivity index (χ0n) is 10.3. The molecule has 0 aromatic rings. The summed E-state index contributed by atoms with van der Waals surface area (Å²) in [4.78, 5) is 27.2. The van der Waals surface area contributed by atoms with Gasteiger partial charge in [-0.15, -0.1) is 0 Å². The zero-order chi connectivity index (χ0) is 12.6. The summed E-state index contributed by atoms with van der Waals surface area (Å²) in [5.74, 6) is -0.637. The van der Waals surface area contributed by atoms with Crippen molar-refractivity contribution in [1.82, 2.24) is 9.80 Å². The van der Waals surface area contributed by atoms with Crippen LogP contribution in [0.4, 0.5) is 0 Å². The summed E-state index contributed by atoms with van der Waals surface area (Å²) in [6.07, 6.45) is 1.37. The minimum Gasteiger partial charge on any atom is -0.306 e. The molecule has 2 amide bonds. The third-order valence-electron chi connectivity index (χ3n) is 3.82. The van der Waals surface area contributed by atoms with Crippen molar-refractivity contribution in [3.8, 4) is 6.07 Å². The van der Waals surface area contributed by atoms with Crippen LogP contribution < -0.4 is 0 Å². The Balaban J connectivity index is 2.28. The van der Waals surface area contributed by atoms with Gasteiger partial charge in [0.1, 0.15) is 5.54 Å². The molecule has 1 unspecified atom stereocenters. The largest absolute Gasteiger partial charge is 0.306 e. The molecule has 0 saturated carbocycles. The van der Waals surface area contributed by atoms with Crippen LogP contribution in [0.3, 0.4) is 0 Å². The normalized spacial score (nSPS) is 29.5. The Bertz CT molecular complexity index is 391. The quantitative estimate of drug-likeness (QED) is 0.616. The van der Waals surface area contributed by atoms with E-state index in [0.29, 0.717) is 12.8 Å². The summed E-state index contributed by atoms with van der Waals surface area (Å²) in [5.41, 5.74) is -0.897. The van der Waals surface area contributed by atoms with Crippen LogP contribution in [0.2, 0.25) is 0 Å². The van der Waals surface area contributed by atoms with Gasteiger partial charge in [0, 0.05) is 25.4 Å². The van der Waals surface area contributed by atoms with Crippen LogP contribution in [-0.4, -0.2) is 47.3 Å². The Kier molecular flexibility index (Phi) is 2.92. The van der Waals surface area contributed by atoms with E-state index < -0.39 is 5.54 Å². The van der Waals surface area contributed by atoms with Gasteiger partial charge in [0.15, 0.2) is 0 Å². The van der Waals surface area contributed by atoms with Crippen molar-refractivity contribution in [2.75, 3.05) is 20.1 Å². The molecule has 92 valence electrons. The summed E-state index contributed by atoms with van der Waals surface area (Å²) in [6.45, 7) is 3.25. The van der Waals surface area contributed by atoms with Crippen LogP contribution in [0.1, 0.15) is 26.2 Å². The molecule has 5 heteroatoms. The number of hydrogen-bond acceptors (Lipinski definition) is 4. The molecule has 2 saturated heterocycles. The molecule has 2 heterocycles. The molecule has 5 nitrogen and oxygen atoms in total. The zero-order valence-corrected chi connectivity index (χ0v) is 10.3. The first-order chi connectivity index (χ1) is 8.00. The van der Waals surface area contributed by atoms with E-state index >= 15 is 0 Å². The second-order valence-electron chi connectivity index (χ2n) is 5.12. The number of amides is 2. The average molecular weight is 235 g/mol. The van der Waals surface area contributed by atoms with Crippen LogP contribution in [0.25, 0.3) is 0 Å². The highest BCUT2D eigenvalue weighted by molar-refractivity contribution is 6.04. The molecule has 0 N–H and O–H groups in total. The molecule has 2 aliphatic rings. The van der Waals surface area contributed by atoms with Crippen molar-refractivity contribution in [3.05, 3.63) is 0 Å². The lowest BCUT2D eigenvalue weighted by Crippen LogP contribution is -2.56. The van der Waals surface area contributed by atoms with Crippen LogP contribution in [0, 0.1) is 17.2 Å². The van der Waals surface area contributed by atoms with Crippen molar-refractivity contribution >= 4 is 11.8 Å². The fraction of sp³-hybridized carbons (Fsp3) is 0.750. The Hall–Kier alpha value is -1.41. The molecule has 0 radical (unpaired) electrons. The molecule has 0 aromatic heterocycles. The van der Waals surface area contributed by atoms with Gasteiger partial charge >= 0.3 is 0 Å². The van der Waals surface area contributed by atoms with E-state index in [-0.39, 0.29) is 24.2 Å². The SMILES string of the molecule is CC1CC(=O)N(C2(C#N)CCN(C)CC2)C1=O. The van der Waals surface area contributed by atoms with E-state index in [2.05, 4.69) is 11.0 Å². The van der Waals surface area contributed by atoms with Gasteiger partial charge in [-0.1, -0.05) is 6.92 Å². The highest BCUT2D eigenvalue weighted by Crippen LogP contribution is 2.34. The molecular formula is C12H17N3O2. The Labute approximate surface area is 101 Å². The molecule has 2 rings (SSSR count). The van der Waals surface area contributed by atoms with Crippen LogP contribution in [0.15, 0.2) is 0 Å². The first-order valence-electron chi connectivity index (χ1n) is 5.97. The predicted molar refractivity (Wildman–Crippen MR) is 60.7 cm³/mol. The smallest absolute Gasteiger partial charge is 0.233 e. The van der Waals surface area contributed by atoms with Crippen molar-refractivity contribution in [2.24, 2.45) is 5.92 Å². The summed E-state index contributed by atoms with van der Waals surface area (Å²) in [5, 5.41) is 9.40. The molecule has 0 bridgehead atoms. The van der Waals surface area contributed by atoms with Gasteiger partial charge < -0.3 is 4.90 Å². The fourth-order valence-electron chi connectivity index (χ4n) is 2.61. The number of nitrogens with zero attached hydrogens (tertiary/aromatic N) is 3. The van der Waals surface area contributed by atoms with Gasteiger partial charge in [-0.3, -0.25) is 14.5 Å². The first-order valence-corrected chi connectivity index (χ1v) is 5.97. The maximum absolute atomic E-state index is 12.0. The van der Waals surface area contributed by atoms with E-state index in [9.17, 15) is 14.9 Å². The molecular weight excluding hydrogens is 218 g/mol. The number of carbonyl (C=O) groups excluding carboxylic acids is 2. The minimum absolute atomic E-state index is 0.180. The number of nitriles is 1. The Morgan fingerprint density at radius 2 is 1.94 bits per heavy atom. The van der Waals surface area contributed by atoms with E-state index in [1.807, 2.05) is 7.05 Å². The highest BCUT2D eigenvalue weighted by Gasteiger charge is 2.50. The lowest BCUT2D eigenvalue weighted by atomic mass is 9.87. The molecule has 2 fully saturated rings. The van der Waals surface area contributed by atoms with Gasteiger partial charge in [-0.05, 0) is 19.9 Å². The summed E-state index contributed by atoms with van der Waals surface area (Å²) in [7, 11) is 1.98.